The van der Waals surface area contributed by atoms with Gasteiger partial charge in [-0.25, -0.2) is 0 Å². The number of rotatable bonds is 3. The van der Waals surface area contributed by atoms with Gasteiger partial charge in [-0.05, 0) is 42.5 Å². The molecular weight excluding hydrogens is 283 g/mol. The lowest BCUT2D eigenvalue weighted by atomic mass is 10.1. The summed E-state index contributed by atoms with van der Waals surface area (Å²) in [5.41, 5.74) is 2.60. The molecule has 0 unspecified atom stereocenters. The molecule has 0 saturated heterocycles. The maximum absolute atomic E-state index is 12.6. The Bertz CT molecular complexity index is 639. The fraction of sp³-hybridized carbons (Fsp3) is 0.0714. The number of amides is 1. The molecule has 0 atom stereocenters. The summed E-state index contributed by atoms with van der Waals surface area (Å²) in [5.74, 6) is 4.70. The molecule has 2 rings (SSSR count). The van der Waals surface area contributed by atoms with Gasteiger partial charge in [-0.3, -0.25) is 10.6 Å². The van der Waals surface area contributed by atoms with Crippen LogP contribution < -0.4 is 16.6 Å². The largest absolute Gasteiger partial charge is 0.416 e. The molecule has 0 bridgehead atoms. The van der Waals surface area contributed by atoms with Crippen LogP contribution in [0.1, 0.15) is 15.9 Å². The molecule has 2 aromatic rings. The summed E-state index contributed by atoms with van der Waals surface area (Å²) in [6.07, 6.45) is -4.45. The molecule has 0 aliphatic rings. The van der Waals surface area contributed by atoms with E-state index >= 15 is 0 Å². The third kappa shape index (κ3) is 3.73. The van der Waals surface area contributed by atoms with Gasteiger partial charge >= 0.3 is 6.18 Å². The topological polar surface area (TPSA) is 67.1 Å². The van der Waals surface area contributed by atoms with E-state index in [1.54, 1.807) is 12.1 Å². The average molecular weight is 295 g/mol. The Kier molecular flexibility index (Phi) is 4.13. The molecule has 2 aromatic carbocycles. The second kappa shape index (κ2) is 5.84. The molecule has 0 fully saturated rings. The van der Waals surface area contributed by atoms with Gasteiger partial charge in [0.1, 0.15) is 0 Å². The molecule has 4 N–H and O–H groups in total. The standard InChI is InChI=1S/C14H12F3N3O/c15-14(16,17)10-2-1-3-12(8-10)19-13(21)9-4-6-11(20-18)7-5-9/h1-8,20H,18H2,(H,19,21). The van der Waals surface area contributed by atoms with E-state index in [1.165, 1.54) is 24.3 Å². The molecule has 0 heterocycles. The number of benzene rings is 2. The number of carbonyl (C=O) groups excluding carboxylic acids is 1. The van der Waals surface area contributed by atoms with Crippen LogP contribution in [0, 0.1) is 0 Å². The van der Waals surface area contributed by atoms with Crippen molar-refractivity contribution in [2.75, 3.05) is 10.7 Å². The Morgan fingerprint density at radius 1 is 1.00 bits per heavy atom. The van der Waals surface area contributed by atoms with E-state index in [0.717, 1.165) is 12.1 Å². The van der Waals surface area contributed by atoms with E-state index in [9.17, 15) is 18.0 Å². The van der Waals surface area contributed by atoms with Crippen LogP contribution >= 0.6 is 0 Å². The number of anilines is 2. The number of hydrogen-bond donors (Lipinski definition) is 3. The first-order valence-electron chi connectivity index (χ1n) is 5.95. The van der Waals surface area contributed by atoms with Crippen molar-refractivity contribution in [3.8, 4) is 0 Å². The SMILES string of the molecule is NNc1ccc(C(=O)Nc2cccc(C(F)(F)F)c2)cc1. The lowest BCUT2D eigenvalue weighted by Gasteiger charge is -2.10. The third-order valence-corrected chi connectivity index (χ3v) is 2.76. The Hall–Kier alpha value is -2.54. The molecule has 0 spiro atoms. The first-order chi connectivity index (χ1) is 9.90. The number of carbonyl (C=O) groups is 1. The van der Waals surface area contributed by atoms with Crippen LogP contribution in [-0.2, 0) is 6.18 Å². The van der Waals surface area contributed by atoms with Crippen molar-refractivity contribution in [1.82, 2.24) is 0 Å². The van der Waals surface area contributed by atoms with Gasteiger partial charge in [0.25, 0.3) is 5.91 Å². The monoisotopic (exact) mass is 295 g/mol. The normalized spacial score (nSPS) is 11.0. The smallest absolute Gasteiger partial charge is 0.324 e. The fourth-order valence-corrected chi connectivity index (χ4v) is 1.69. The van der Waals surface area contributed by atoms with Crippen LogP contribution in [0.25, 0.3) is 0 Å². The highest BCUT2D eigenvalue weighted by molar-refractivity contribution is 6.04. The van der Waals surface area contributed by atoms with Gasteiger partial charge in [0.2, 0.25) is 0 Å². The Morgan fingerprint density at radius 2 is 1.67 bits per heavy atom. The summed E-state index contributed by atoms with van der Waals surface area (Å²) in [5, 5.41) is 2.42. The second-order valence-corrected chi connectivity index (χ2v) is 4.25. The van der Waals surface area contributed by atoms with Crippen LogP contribution in [0.15, 0.2) is 48.5 Å². The number of nitrogens with one attached hydrogen (secondary N) is 2. The van der Waals surface area contributed by atoms with E-state index < -0.39 is 17.6 Å². The minimum absolute atomic E-state index is 0.0795. The fourth-order valence-electron chi connectivity index (χ4n) is 1.69. The maximum atomic E-state index is 12.6. The quantitative estimate of drug-likeness (QED) is 0.601. The summed E-state index contributed by atoms with van der Waals surface area (Å²) in [4.78, 5) is 11.9. The highest BCUT2D eigenvalue weighted by atomic mass is 19.4. The van der Waals surface area contributed by atoms with Crippen LogP contribution in [0.5, 0.6) is 0 Å². The van der Waals surface area contributed by atoms with Crippen molar-refractivity contribution in [1.29, 1.82) is 0 Å². The zero-order chi connectivity index (χ0) is 15.5. The zero-order valence-electron chi connectivity index (χ0n) is 10.7. The van der Waals surface area contributed by atoms with E-state index in [-0.39, 0.29) is 5.69 Å². The van der Waals surface area contributed by atoms with Crippen molar-refractivity contribution in [2.45, 2.75) is 6.18 Å². The minimum Gasteiger partial charge on any atom is -0.324 e. The van der Waals surface area contributed by atoms with E-state index in [0.29, 0.717) is 11.3 Å². The van der Waals surface area contributed by atoms with Gasteiger partial charge < -0.3 is 10.7 Å². The van der Waals surface area contributed by atoms with Gasteiger partial charge in [-0.15, -0.1) is 0 Å². The lowest BCUT2D eigenvalue weighted by Crippen LogP contribution is -2.13. The summed E-state index contributed by atoms with van der Waals surface area (Å²) in [7, 11) is 0. The molecule has 0 aromatic heterocycles. The van der Waals surface area contributed by atoms with Crippen LogP contribution in [-0.4, -0.2) is 5.91 Å². The molecule has 1 amide bonds. The Labute approximate surface area is 118 Å². The molecule has 0 aliphatic heterocycles. The van der Waals surface area contributed by atoms with Gasteiger partial charge in [0, 0.05) is 16.9 Å². The number of nitrogen functional groups attached to an aromatic ring is 1. The Morgan fingerprint density at radius 3 is 2.24 bits per heavy atom. The summed E-state index contributed by atoms with van der Waals surface area (Å²) >= 11 is 0. The van der Waals surface area contributed by atoms with Gasteiger partial charge in [-0.2, -0.15) is 13.2 Å². The summed E-state index contributed by atoms with van der Waals surface area (Å²) in [6, 6.07) is 10.6. The molecule has 0 saturated carbocycles. The number of nitrogens with two attached hydrogens (primary N) is 1. The third-order valence-electron chi connectivity index (χ3n) is 2.76. The minimum atomic E-state index is -4.45. The van der Waals surface area contributed by atoms with Crippen molar-refractivity contribution >= 4 is 17.3 Å². The predicted molar refractivity (Wildman–Crippen MR) is 73.6 cm³/mol. The van der Waals surface area contributed by atoms with Crippen molar-refractivity contribution in [3.63, 3.8) is 0 Å². The highest BCUT2D eigenvalue weighted by Gasteiger charge is 2.30. The molecule has 0 radical (unpaired) electrons. The molecule has 110 valence electrons. The zero-order valence-corrected chi connectivity index (χ0v) is 10.7. The van der Waals surface area contributed by atoms with Gasteiger partial charge in [0.05, 0.1) is 5.56 Å². The van der Waals surface area contributed by atoms with E-state index in [1.807, 2.05) is 0 Å². The molecule has 21 heavy (non-hydrogen) atoms. The van der Waals surface area contributed by atoms with E-state index in [2.05, 4.69) is 10.7 Å². The van der Waals surface area contributed by atoms with E-state index in [4.69, 9.17) is 5.84 Å². The first kappa shape index (κ1) is 14.9. The number of halogens is 3. The van der Waals surface area contributed by atoms with Crippen LogP contribution in [0.4, 0.5) is 24.5 Å². The summed E-state index contributed by atoms with van der Waals surface area (Å²) in [6.45, 7) is 0. The number of hydrazine groups is 1. The molecular formula is C14H12F3N3O. The average Bonchev–Trinajstić information content (AvgIpc) is 2.47. The predicted octanol–water partition coefficient (Wildman–Crippen LogP) is 3.24. The number of hydrogen-bond acceptors (Lipinski definition) is 3. The highest BCUT2D eigenvalue weighted by Crippen LogP contribution is 2.30. The van der Waals surface area contributed by atoms with Gasteiger partial charge in [0.15, 0.2) is 0 Å². The second-order valence-electron chi connectivity index (χ2n) is 4.25. The van der Waals surface area contributed by atoms with Crippen LogP contribution in [0.2, 0.25) is 0 Å². The molecule has 4 nitrogen and oxygen atoms in total. The Balaban J connectivity index is 2.15. The van der Waals surface area contributed by atoms with Crippen molar-refractivity contribution < 1.29 is 18.0 Å². The molecule has 0 aliphatic carbocycles. The lowest BCUT2D eigenvalue weighted by molar-refractivity contribution is -0.137. The van der Waals surface area contributed by atoms with Crippen LogP contribution in [0.3, 0.4) is 0 Å². The first-order valence-corrected chi connectivity index (χ1v) is 5.95. The number of alkyl halides is 3. The van der Waals surface area contributed by atoms with Gasteiger partial charge in [-0.1, -0.05) is 6.07 Å². The maximum Gasteiger partial charge on any atom is 0.416 e. The summed E-state index contributed by atoms with van der Waals surface area (Å²) < 4.78 is 37.7. The van der Waals surface area contributed by atoms with Crippen molar-refractivity contribution in [3.05, 3.63) is 59.7 Å². The van der Waals surface area contributed by atoms with Crippen molar-refractivity contribution in [2.24, 2.45) is 5.84 Å². The molecule has 7 heteroatoms.